The Morgan fingerprint density at radius 1 is 1.03 bits per heavy atom. The third-order valence-electron chi connectivity index (χ3n) is 5.63. The van der Waals surface area contributed by atoms with Gasteiger partial charge in [-0.15, -0.1) is 0 Å². The zero-order chi connectivity index (χ0) is 24.4. The molecule has 176 valence electrons. The Labute approximate surface area is 200 Å². The Hall–Kier alpha value is -3.32. The van der Waals surface area contributed by atoms with Crippen LogP contribution in [0.15, 0.2) is 60.7 Å². The van der Waals surface area contributed by atoms with Crippen molar-refractivity contribution < 1.29 is 22.5 Å². The molecule has 1 heterocycles. The van der Waals surface area contributed by atoms with Crippen LogP contribution in [0, 0.1) is 23.4 Å². The van der Waals surface area contributed by atoms with Gasteiger partial charge in [-0.25, -0.2) is 18.2 Å². The zero-order valence-electron chi connectivity index (χ0n) is 18.8. The predicted octanol–water partition coefficient (Wildman–Crippen LogP) is 6.20. The Bertz CT molecular complexity index is 1340. The predicted molar refractivity (Wildman–Crippen MR) is 125 cm³/mol. The number of fused-ring (bicyclic) bond motifs is 1. The second-order valence-electron chi connectivity index (χ2n) is 8.53. The molecule has 1 amide bonds. The highest BCUT2D eigenvalue weighted by molar-refractivity contribution is 6.31. The molecule has 0 fully saturated rings. The smallest absolute Gasteiger partial charge is 0.280 e. The average molecular weight is 487 g/mol. The van der Waals surface area contributed by atoms with Crippen LogP contribution in [0.3, 0.4) is 0 Å². The minimum absolute atomic E-state index is 0.0160. The number of imidazole rings is 1. The molecule has 0 atom stereocenters. The van der Waals surface area contributed by atoms with E-state index >= 15 is 0 Å². The van der Waals surface area contributed by atoms with E-state index in [0.29, 0.717) is 23.3 Å². The van der Waals surface area contributed by atoms with E-state index in [1.165, 1.54) is 4.90 Å². The number of hydrogen-bond donors (Lipinski definition) is 1. The summed E-state index contributed by atoms with van der Waals surface area (Å²) >= 11 is 6.25. The van der Waals surface area contributed by atoms with Crippen LogP contribution in [-0.4, -0.2) is 22.3 Å². The van der Waals surface area contributed by atoms with E-state index in [9.17, 15) is 18.0 Å². The highest BCUT2D eigenvalue weighted by Gasteiger charge is 2.30. The number of aromatic amines is 1. The first-order valence-corrected chi connectivity index (χ1v) is 11.3. The van der Waals surface area contributed by atoms with Gasteiger partial charge in [0, 0.05) is 17.6 Å². The van der Waals surface area contributed by atoms with Crippen molar-refractivity contribution in [2.45, 2.75) is 26.8 Å². The van der Waals surface area contributed by atoms with E-state index in [1.54, 1.807) is 12.1 Å². The topological polar surface area (TPSA) is 40.0 Å². The van der Waals surface area contributed by atoms with Crippen molar-refractivity contribution >= 4 is 28.5 Å². The molecule has 0 saturated carbocycles. The van der Waals surface area contributed by atoms with E-state index < -0.39 is 28.9 Å². The molecule has 0 spiro atoms. The van der Waals surface area contributed by atoms with Crippen LogP contribution in [0.4, 0.5) is 13.2 Å². The number of nitrogens with one attached hydrogen (secondary N) is 1. The van der Waals surface area contributed by atoms with E-state index in [4.69, 9.17) is 11.6 Å². The first-order chi connectivity index (χ1) is 16.3. The quantitative estimate of drug-likeness (QED) is 0.245. The molecule has 0 unspecified atom stereocenters. The number of benzene rings is 3. The molecule has 1 N–H and O–H groups in total. The van der Waals surface area contributed by atoms with Crippen LogP contribution < -0.4 is 4.57 Å². The first kappa shape index (κ1) is 23.8. The lowest BCUT2D eigenvalue weighted by atomic mass is 10.1. The molecule has 0 bridgehead atoms. The number of hydrogen-bond acceptors (Lipinski definition) is 1. The molecule has 4 rings (SSSR count). The average Bonchev–Trinajstić information content (AvgIpc) is 3.16. The summed E-state index contributed by atoms with van der Waals surface area (Å²) in [6, 6.07) is 16.3. The summed E-state index contributed by atoms with van der Waals surface area (Å²) in [5.41, 5.74) is 1.50. The van der Waals surface area contributed by atoms with Gasteiger partial charge >= 0.3 is 0 Å². The van der Waals surface area contributed by atoms with Crippen molar-refractivity contribution in [2.75, 3.05) is 6.54 Å². The normalized spacial score (nSPS) is 11.4. The SMILES string of the molecule is CC(C)CCN(Cc1[nH]c2ccc(Cl)cc2[n+]1-c1ccccc1)C(=O)c1c(F)ccc(F)c1F. The third-order valence-corrected chi connectivity index (χ3v) is 5.86. The number of aromatic nitrogens is 2. The van der Waals surface area contributed by atoms with E-state index in [1.807, 2.05) is 54.8 Å². The molecule has 4 aromatic rings. The molecular weight excluding hydrogens is 463 g/mol. The number of para-hydroxylation sites is 1. The molecule has 0 aliphatic rings. The number of amides is 1. The number of halogens is 4. The van der Waals surface area contributed by atoms with Gasteiger partial charge in [0.1, 0.15) is 23.6 Å². The largest absolute Gasteiger partial charge is 0.326 e. The molecule has 8 heteroatoms. The van der Waals surface area contributed by atoms with Crippen LogP contribution in [0.2, 0.25) is 5.02 Å². The van der Waals surface area contributed by atoms with Gasteiger partial charge in [0.05, 0.1) is 0 Å². The number of H-pyrrole nitrogens is 1. The fourth-order valence-corrected chi connectivity index (χ4v) is 4.03. The summed E-state index contributed by atoms with van der Waals surface area (Å²) in [4.78, 5) is 18.0. The Morgan fingerprint density at radius 2 is 1.74 bits per heavy atom. The van der Waals surface area contributed by atoms with Gasteiger partial charge in [0.15, 0.2) is 22.7 Å². The first-order valence-electron chi connectivity index (χ1n) is 11.0. The van der Waals surface area contributed by atoms with Crippen molar-refractivity contribution in [1.29, 1.82) is 0 Å². The number of carbonyl (C=O) groups excluding carboxylic acids is 1. The summed E-state index contributed by atoms with van der Waals surface area (Å²) in [6.45, 7) is 4.22. The van der Waals surface area contributed by atoms with Gasteiger partial charge in [-0.3, -0.25) is 4.79 Å². The molecule has 0 aliphatic heterocycles. The maximum absolute atomic E-state index is 14.5. The highest BCUT2D eigenvalue weighted by atomic mass is 35.5. The summed E-state index contributed by atoms with van der Waals surface area (Å²) in [6.07, 6.45) is 0.599. The summed E-state index contributed by atoms with van der Waals surface area (Å²) in [7, 11) is 0. The molecular formula is C26H24ClF3N3O+. The molecule has 34 heavy (non-hydrogen) atoms. The molecule has 0 radical (unpaired) electrons. The Balaban J connectivity index is 1.82. The zero-order valence-corrected chi connectivity index (χ0v) is 19.5. The van der Waals surface area contributed by atoms with Crippen LogP contribution in [-0.2, 0) is 6.54 Å². The lowest BCUT2D eigenvalue weighted by Gasteiger charge is -2.22. The second kappa shape index (κ2) is 9.89. The van der Waals surface area contributed by atoms with Crippen LogP contribution in [0.1, 0.15) is 36.5 Å². The number of nitrogens with zero attached hydrogens (tertiary/aromatic N) is 2. The molecule has 1 aromatic heterocycles. The van der Waals surface area contributed by atoms with Crippen molar-refractivity contribution in [3.8, 4) is 5.69 Å². The van der Waals surface area contributed by atoms with Crippen LogP contribution >= 0.6 is 11.6 Å². The van der Waals surface area contributed by atoms with E-state index in [-0.39, 0.29) is 19.0 Å². The molecule has 4 nitrogen and oxygen atoms in total. The molecule has 0 saturated heterocycles. The van der Waals surface area contributed by atoms with Crippen molar-refractivity contribution in [2.24, 2.45) is 5.92 Å². The standard InChI is InChI=1S/C26H23ClF3N3O/c1-16(2)12-13-32(26(34)24-19(28)9-10-20(29)25(24)30)15-23-31-21-11-8-17(27)14-22(21)33(23)18-6-4-3-5-7-18/h3-11,14,16H,12-13,15H2,1-2H3/p+1. The van der Waals surface area contributed by atoms with Crippen molar-refractivity contribution in [1.82, 2.24) is 9.88 Å². The summed E-state index contributed by atoms with van der Waals surface area (Å²) < 4.78 is 44.7. The molecule has 3 aromatic carbocycles. The van der Waals surface area contributed by atoms with Gasteiger partial charge in [0.25, 0.3) is 11.7 Å². The minimum Gasteiger partial charge on any atom is -0.326 e. The van der Waals surface area contributed by atoms with Gasteiger partial charge in [-0.2, -0.15) is 4.57 Å². The minimum atomic E-state index is -1.49. The number of carbonyl (C=O) groups is 1. The van der Waals surface area contributed by atoms with Gasteiger partial charge in [0.2, 0.25) is 0 Å². The fourth-order valence-electron chi connectivity index (χ4n) is 3.86. The summed E-state index contributed by atoms with van der Waals surface area (Å²) in [5.74, 6) is -3.92. The summed E-state index contributed by atoms with van der Waals surface area (Å²) in [5, 5.41) is 0.541. The molecule has 0 aliphatic carbocycles. The van der Waals surface area contributed by atoms with Crippen molar-refractivity contribution in [3.63, 3.8) is 0 Å². The third kappa shape index (κ3) is 4.80. The van der Waals surface area contributed by atoms with Crippen molar-refractivity contribution in [3.05, 3.63) is 94.5 Å². The Kier molecular flexibility index (Phi) is 6.93. The Morgan fingerprint density at radius 3 is 2.44 bits per heavy atom. The monoisotopic (exact) mass is 486 g/mol. The van der Waals surface area contributed by atoms with E-state index in [2.05, 4.69) is 4.98 Å². The lowest BCUT2D eigenvalue weighted by Crippen LogP contribution is -2.41. The maximum Gasteiger partial charge on any atom is 0.280 e. The van der Waals surface area contributed by atoms with Gasteiger partial charge < -0.3 is 4.90 Å². The van der Waals surface area contributed by atoms with Gasteiger partial charge in [-0.1, -0.05) is 43.6 Å². The second-order valence-corrected chi connectivity index (χ2v) is 8.97. The van der Waals surface area contributed by atoms with Crippen LogP contribution in [0.25, 0.3) is 16.7 Å². The van der Waals surface area contributed by atoms with Gasteiger partial charge in [-0.05, 0) is 48.7 Å². The maximum atomic E-state index is 14.5. The lowest BCUT2D eigenvalue weighted by molar-refractivity contribution is -0.577. The van der Waals surface area contributed by atoms with E-state index in [0.717, 1.165) is 22.8 Å². The van der Waals surface area contributed by atoms with Crippen LogP contribution in [0.5, 0.6) is 0 Å². The fraction of sp³-hybridized carbons (Fsp3) is 0.231. The number of rotatable bonds is 7. The highest BCUT2D eigenvalue weighted by Crippen LogP contribution is 2.22.